The highest BCUT2D eigenvalue weighted by molar-refractivity contribution is 7.98. The lowest BCUT2D eigenvalue weighted by Gasteiger charge is -2.21. The van der Waals surface area contributed by atoms with E-state index in [2.05, 4.69) is 40.6 Å². The third-order valence-corrected chi connectivity index (χ3v) is 6.09. The first-order valence-electron chi connectivity index (χ1n) is 8.26. The van der Waals surface area contributed by atoms with Gasteiger partial charge in [-0.05, 0) is 49.2 Å². The molecule has 0 radical (unpaired) electrons. The van der Waals surface area contributed by atoms with Gasteiger partial charge >= 0.3 is 0 Å². The van der Waals surface area contributed by atoms with Gasteiger partial charge in [-0.25, -0.2) is 4.98 Å². The van der Waals surface area contributed by atoms with Crippen molar-refractivity contribution in [2.45, 2.75) is 37.6 Å². The van der Waals surface area contributed by atoms with E-state index in [-0.39, 0.29) is 5.91 Å². The monoisotopic (exact) mass is 361 g/mol. The molecule has 6 heteroatoms. The van der Waals surface area contributed by atoms with Gasteiger partial charge < -0.3 is 11.1 Å². The van der Waals surface area contributed by atoms with Gasteiger partial charge in [0, 0.05) is 4.88 Å². The molecule has 128 valence electrons. The Kier molecular flexibility index (Phi) is 5.92. The van der Waals surface area contributed by atoms with Crippen molar-refractivity contribution in [2.75, 3.05) is 17.3 Å². The molecule has 1 aromatic heterocycles. The topological polar surface area (TPSA) is 68.0 Å². The van der Waals surface area contributed by atoms with E-state index in [9.17, 15) is 4.79 Å². The summed E-state index contributed by atoms with van der Waals surface area (Å²) >= 11 is 3.30. The molecule has 1 aromatic carbocycles. The summed E-state index contributed by atoms with van der Waals surface area (Å²) in [5.74, 6) is 1.31. The summed E-state index contributed by atoms with van der Waals surface area (Å²) in [6.07, 6.45) is 5.80. The number of benzene rings is 1. The lowest BCUT2D eigenvalue weighted by Crippen LogP contribution is -2.36. The molecule has 0 bridgehead atoms. The van der Waals surface area contributed by atoms with Crippen molar-refractivity contribution in [3.05, 3.63) is 46.5 Å². The van der Waals surface area contributed by atoms with Crippen molar-refractivity contribution >= 4 is 34.1 Å². The molecule has 1 amide bonds. The molecule has 1 aliphatic rings. The highest BCUT2D eigenvalue weighted by Crippen LogP contribution is 2.36. The molecule has 3 N–H and O–H groups in total. The number of fused-ring (bicyclic) bond motifs is 1. The summed E-state index contributed by atoms with van der Waals surface area (Å²) in [6, 6.07) is 10.2. The maximum absolute atomic E-state index is 12.1. The molecule has 0 saturated carbocycles. The quantitative estimate of drug-likeness (QED) is 0.827. The second-order valence-electron chi connectivity index (χ2n) is 6.12. The van der Waals surface area contributed by atoms with Crippen LogP contribution in [-0.2, 0) is 17.6 Å². The zero-order valence-corrected chi connectivity index (χ0v) is 15.5. The third kappa shape index (κ3) is 4.18. The Balaban J connectivity index is 1.64. The van der Waals surface area contributed by atoms with Gasteiger partial charge in [-0.2, -0.15) is 11.8 Å². The Morgan fingerprint density at radius 2 is 2.25 bits per heavy atom. The molecule has 1 heterocycles. The summed E-state index contributed by atoms with van der Waals surface area (Å²) in [5.41, 5.74) is 8.45. The van der Waals surface area contributed by atoms with E-state index in [0.717, 1.165) is 30.7 Å². The SMILES string of the molecule is CSCC[C@H](N)C(=O)Nc1nc2c(s1)CC(c1ccccc1)CC2. The number of carbonyl (C=O) groups is 1. The number of hydrogen-bond donors (Lipinski definition) is 2. The molecule has 2 atom stereocenters. The molecule has 2 aromatic rings. The van der Waals surface area contributed by atoms with Gasteiger partial charge in [-0.3, -0.25) is 4.79 Å². The Morgan fingerprint density at radius 1 is 1.46 bits per heavy atom. The zero-order chi connectivity index (χ0) is 16.9. The van der Waals surface area contributed by atoms with Crippen molar-refractivity contribution in [1.29, 1.82) is 0 Å². The Labute approximate surface area is 151 Å². The minimum absolute atomic E-state index is 0.130. The number of rotatable bonds is 6. The molecule has 0 saturated heterocycles. The number of aryl methyl sites for hydroxylation is 1. The van der Waals surface area contributed by atoms with Crippen LogP contribution in [0.15, 0.2) is 30.3 Å². The number of amides is 1. The van der Waals surface area contributed by atoms with Crippen LogP contribution < -0.4 is 11.1 Å². The Hall–Kier alpha value is -1.37. The second kappa shape index (κ2) is 8.14. The smallest absolute Gasteiger partial charge is 0.243 e. The van der Waals surface area contributed by atoms with Gasteiger partial charge in [0.15, 0.2) is 5.13 Å². The number of aromatic nitrogens is 1. The first-order valence-corrected chi connectivity index (χ1v) is 10.5. The minimum atomic E-state index is -0.463. The average Bonchev–Trinajstić information content (AvgIpc) is 3.01. The molecular formula is C18H23N3OS2. The van der Waals surface area contributed by atoms with Crippen LogP contribution in [0.4, 0.5) is 5.13 Å². The number of nitrogens with two attached hydrogens (primary N) is 1. The summed E-state index contributed by atoms with van der Waals surface area (Å²) in [5, 5.41) is 3.59. The lowest BCUT2D eigenvalue weighted by molar-refractivity contribution is -0.117. The summed E-state index contributed by atoms with van der Waals surface area (Å²) < 4.78 is 0. The number of thioether (sulfide) groups is 1. The second-order valence-corrected chi connectivity index (χ2v) is 8.19. The van der Waals surface area contributed by atoms with E-state index in [1.807, 2.05) is 6.26 Å². The van der Waals surface area contributed by atoms with E-state index in [0.29, 0.717) is 17.5 Å². The highest BCUT2D eigenvalue weighted by atomic mass is 32.2. The number of carbonyl (C=O) groups excluding carboxylic acids is 1. The number of anilines is 1. The molecular weight excluding hydrogens is 338 g/mol. The van der Waals surface area contributed by atoms with E-state index < -0.39 is 6.04 Å². The molecule has 1 unspecified atom stereocenters. The predicted octanol–water partition coefficient (Wildman–Crippen LogP) is 3.43. The van der Waals surface area contributed by atoms with E-state index in [1.165, 1.54) is 10.4 Å². The van der Waals surface area contributed by atoms with Crippen LogP contribution in [0.5, 0.6) is 0 Å². The van der Waals surface area contributed by atoms with Crippen LogP contribution in [0.3, 0.4) is 0 Å². The fourth-order valence-corrected chi connectivity index (χ4v) is 4.59. The first-order chi connectivity index (χ1) is 11.7. The van der Waals surface area contributed by atoms with Crippen molar-refractivity contribution in [3.63, 3.8) is 0 Å². The standard InChI is InChI=1S/C18H23N3OS2/c1-23-10-9-14(19)17(22)21-18-20-15-8-7-13(11-16(15)24-18)12-5-3-2-4-6-12/h2-6,13-14H,7-11,19H2,1H3,(H,20,21,22)/t13?,14-/m0/s1. The Bertz CT molecular complexity index is 687. The van der Waals surface area contributed by atoms with Gasteiger partial charge in [-0.15, -0.1) is 11.3 Å². The van der Waals surface area contributed by atoms with Gasteiger partial charge in [-0.1, -0.05) is 30.3 Å². The molecule has 4 nitrogen and oxygen atoms in total. The highest BCUT2D eigenvalue weighted by Gasteiger charge is 2.24. The van der Waals surface area contributed by atoms with Crippen molar-refractivity contribution in [3.8, 4) is 0 Å². The van der Waals surface area contributed by atoms with Crippen LogP contribution in [0.25, 0.3) is 0 Å². The van der Waals surface area contributed by atoms with Gasteiger partial charge in [0.2, 0.25) is 5.91 Å². The van der Waals surface area contributed by atoms with Crippen molar-refractivity contribution in [1.82, 2.24) is 4.98 Å². The number of thiazole rings is 1. The summed E-state index contributed by atoms with van der Waals surface area (Å²) in [7, 11) is 0. The molecule has 24 heavy (non-hydrogen) atoms. The van der Waals surface area contributed by atoms with Crippen molar-refractivity contribution < 1.29 is 4.79 Å². The minimum Gasteiger partial charge on any atom is -0.320 e. The number of nitrogens with zero attached hydrogens (tertiary/aromatic N) is 1. The van der Waals surface area contributed by atoms with Crippen LogP contribution in [-0.4, -0.2) is 28.9 Å². The van der Waals surface area contributed by atoms with Gasteiger partial charge in [0.1, 0.15) is 0 Å². The van der Waals surface area contributed by atoms with Crippen LogP contribution in [0.1, 0.15) is 34.9 Å². The third-order valence-electron chi connectivity index (χ3n) is 4.41. The number of nitrogens with one attached hydrogen (secondary N) is 1. The van der Waals surface area contributed by atoms with Crippen LogP contribution in [0.2, 0.25) is 0 Å². The molecule has 0 spiro atoms. The van der Waals surface area contributed by atoms with Gasteiger partial charge in [0.05, 0.1) is 11.7 Å². The maximum atomic E-state index is 12.1. The fraction of sp³-hybridized carbons (Fsp3) is 0.444. The van der Waals surface area contributed by atoms with E-state index >= 15 is 0 Å². The summed E-state index contributed by atoms with van der Waals surface area (Å²) in [6.45, 7) is 0. The predicted molar refractivity (Wildman–Crippen MR) is 103 cm³/mol. The number of hydrogen-bond acceptors (Lipinski definition) is 5. The average molecular weight is 362 g/mol. The summed E-state index contributed by atoms with van der Waals surface area (Å²) in [4.78, 5) is 18.0. The van der Waals surface area contributed by atoms with E-state index in [4.69, 9.17) is 5.73 Å². The largest absolute Gasteiger partial charge is 0.320 e. The van der Waals surface area contributed by atoms with Gasteiger partial charge in [0.25, 0.3) is 0 Å². The first kappa shape index (κ1) is 17.5. The fourth-order valence-electron chi connectivity index (χ4n) is 3.01. The normalized spacial score (nSPS) is 18.0. The lowest BCUT2D eigenvalue weighted by atomic mass is 9.85. The zero-order valence-electron chi connectivity index (χ0n) is 13.8. The molecule has 1 aliphatic carbocycles. The molecule has 0 fully saturated rings. The molecule has 3 rings (SSSR count). The van der Waals surface area contributed by atoms with Crippen LogP contribution >= 0.6 is 23.1 Å². The van der Waals surface area contributed by atoms with Crippen molar-refractivity contribution in [2.24, 2.45) is 5.73 Å². The van der Waals surface area contributed by atoms with Crippen LogP contribution in [0, 0.1) is 0 Å². The Morgan fingerprint density at radius 3 is 3.00 bits per heavy atom. The van der Waals surface area contributed by atoms with E-state index in [1.54, 1.807) is 23.1 Å². The molecule has 0 aliphatic heterocycles. The maximum Gasteiger partial charge on any atom is 0.243 e.